The highest BCUT2D eigenvalue weighted by molar-refractivity contribution is 7.98. The molecule has 2 heterocycles. The van der Waals surface area contributed by atoms with E-state index in [2.05, 4.69) is 20.6 Å². The molecule has 1 amide bonds. The monoisotopic (exact) mass is 341 g/mol. The number of carbonyl (C=O) groups is 1. The molecule has 0 radical (unpaired) electrons. The highest BCUT2D eigenvalue weighted by Crippen LogP contribution is 2.27. The molecular formula is C17H19N5OS. The summed E-state index contributed by atoms with van der Waals surface area (Å²) in [6.45, 7) is 3.92. The number of aromatic nitrogens is 4. The molecule has 0 unspecified atom stereocenters. The zero-order valence-electron chi connectivity index (χ0n) is 14.0. The van der Waals surface area contributed by atoms with Crippen LogP contribution in [-0.4, -0.2) is 32.1 Å². The van der Waals surface area contributed by atoms with Crippen molar-refractivity contribution in [3.05, 3.63) is 47.4 Å². The fourth-order valence-corrected chi connectivity index (χ4v) is 3.20. The Morgan fingerprint density at radius 3 is 2.71 bits per heavy atom. The Balaban J connectivity index is 1.86. The summed E-state index contributed by atoms with van der Waals surface area (Å²) in [6.07, 6.45) is 1.98. The van der Waals surface area contributed by atoms with Crippen molar-refractivity contribution >= 4 is 23.4 Å². The topological polar surface area (TPSA) is 75.6 Å². The summed E-state index contributed by atoms with van der Waals surface area (Å²) >= 11 is 1.59. The van der Waals surface area contributed by atoms with Gasteiger partial charge in [0.05, 0.1) is 17.1 Å². The lowest BCUT2D eigenvalue weighted by Gasteiger charge is -2.07. The van der Waals surface area contributed by atoms with Gasteiger partial charge in [-0.25, -0.2) is 0 Å². The van der Waals surface area contributed by atoms with Gasteiger partial charge in [-0.15, -0.1) is 11.8 Å². The van der Waals surface area contributed by atoms with Crippen LogP contribution >= 0.6 is 11.8 Å². The molecular weight excluding hydrogens is 322 g/mol. The van der Waals surface area contributed by atoms with Crippen LogP contribution in [0.2, 0.25) is 0 Å². The minimum atomic E-state index is -0.213. The lowest BCUT2D eigenvalue weighted by Crippen LogP contribution is -2.12. The van der Waals surface area contributed by atoms with Gasteiger partial charge in [0.2, 0.25) is 0 Å². The van der Waals surface area contributed by atoms with E-state index in [-0.39, 0.29) is 5.91 Å². The van der Waals surface area contributed by atoms with Crippen molar-refractivity contribution in [2.45, 2.75) is 18.7 Å². The Morgan fingerprint density at radius 2 is 2.04 bits per heavy atom. The van der Waals surface area contributed by atoms with Crippen molar-refractivity contribution in [2.75, 3.05) is 11.6 Å². The van der Waals surface area contributed by atoms with Crippen molar-refractivity contribution in [1.29, 1.82) is 0 Å². The number of aromatic amines is 1. The van der Waals surface area contributed by atoms with E-state index < -0.39 is 0 Å². The minimum absolute atomic E-state index is 0.213. The van der Waals surface area contributed by atoms with Crippen LogP contribution in [0.25, 0.3) is 11.3 Å². The second-order valence-electron chi connectivity index (χ2n) is 5.49. The van der Waals surface area contributed by atoms with Crippen molar-refractivity contribution in [1.82, 2.24) is 20.0 Å². The molecule has 0 aliphatic rings. The molecule has 1 aromatic carbocycles. The molecule has 2 N–H and O–H groups in total. The Hall–Kier alpha value is -2.54. The number of anilines is 1. The molecule has 0 atom stereocenters. The standard InChI is InChI=1S/C17H19N5OS/c1-10-16(11(2)22(3)21-10)13-9-14(20-19-13)17(23)18-12-7-5-6-8-15(12)24-4/h5-9H,1-4H3,(H,18,23)(H,19,20). The Labute approximate surface area is 144 Å². The third-order valence-electron chi connectivity index (χ3n) is 3.94. The molecule has 7 heteroatoms. The van der Waals surface area contributed by atoms with E-state index >= 15 is 0 Å². The molecule has 24 heavy (non-hydrogen) atoms. The van der Waals surface area contributed by atoms with Crippen molar-refractivity contribution < 1.29 is 4.79 Å². The number of benzene rings is 1. The van der Waals surface area contributed by atoms with Gasteiger partial charge in [-0.1, -0.05) is 12.1 Å². The summed E-state index contributed by atoms with van der Waals surface area (Å²) in [4.78, 5) is 13.5. The average molecular weight is 341 g/mol. The number of carbonyl (C=O) groups excluding carboxylic acids is 1. The molecule has 0 aliphatic heterocycles. The first-order valence-electron chi connectivity index (χ1n) is 7.51. The Bertz CT molecular complexity index is 896. The predicted octanol–water partition coefficient (Wildman–Crippen LogP) is 3.40. The van der Waals surface area contributed by atoms with Crippen LogP contribution < -0.4 is 5.32 Å². The number of hydrogen-bond acceptors (Lipinski definition) is 4. The molecule has 2 aromatic heterocycles. The van der Waals surface area contributed by atoms with E-state index in [0.717, 1.165) is 33.2 Å². The van der Waals surface area contributed by atoms with Crippen LogP contribution in [0.3, 0.4) is 0 Å². The van der Waals surface area contributed by atoms with Crippen LogP contribution in [0.4, 0.5) is 5.69 Å². The average Bonchev–Trinajstić information content (AvgIpc) is 3.13. The van der Waals surface area contributed by atoms with Gasteiger partial charge in [0.25, 0.3) is 5.91 Å². The number of rotatable bonds is 4. The lowest BCUT2D eigenvalue weighted by molar-refractivity contribution is 0.102. The number of nitrogens with zero attached hydrogens (tertiary/aromatic N) is 3. The molecule has 0 spiro atoms. The smallest absolute Gasteiger partial charge is 0.273 e. The first kappa shape index (κ1) is 16.3. The van der Waals surface area contributed by atoms with Crippen LogP contribution in [0, 0.1) is 13.8 Å². The van der Waals surface area contributed by atoms with Gasteiger partial charge >= 0.3 is 0 Å². The van der Waals surface area contributed by atoms with E-state index in [1.165, 1.54) is 0 Å². The van der Waals surface area contributed by atoms with E-state index in [1.54, 1.807) is 17.8 Å². The molecule has 6 nitrogen and oxygen atoms in total. The largest absolute Gasteiger partial charge is 0.320 e. The van der Waals surface area contributed by atoms with Crippen molar-refractivity contribution in [3.8, 4) is 11.3 Å². The second-order valence-corrected chi connectivity index (χ2v) is 6.34. The van der Waals surface area contributed by atoms with E-state index in [0.29, 0.717) is 5.69 Å². The number of para-hydroxylation sites is 1. The van der Waals surface area contributed by atoms with Crippen LogP contribution in [0.5, 0.6) is 0 Å². The zero-order chi connectivity index (χ0) is 17.3. The molecule has 3 rings (SSSR count). The Morgan fingerprint density at radius 1 is 1.29 bits per heavy atom. The molecule has 0 saturated carbocycles. The number of hydrogen-bond donors (Lipinski definition) is 2. The number of thioether (sulfide) groups is 1. The predicted molar refractivity (Wildman–Crippen MR) is 96.4 cm³/mol. The fourth-order valence-electron chi connectivity index (χ4n) is 2.65. The van der Waals surface area contributed by atoms with E-state index in [1.807, 2.05) is 56.1 Å². The molecule has 0 saturated heterocycles. The third kappa shape index (κ3) is 2.94. The molecule has 0 bridgehead atoms. The van der Waals surface area contributed by atoms with Gasteiger partial charge in [-0.2, -0.15) is 10.2 Å². The van der Waals surface area contributed by atoms with Gasteiger partial charge in [-0.3, -0.25) is 14.6 Å². The van der Waals surface area contributed by atoms with Crippen LogP contribution in [0.15, 0.2) is 35.2 Å². The summed E-state index contributed by atoms with van der Waals surface area (Å²) < 4.78 is 1.81. The summed E-state index contributed by atoms with van der Waals surface area (Å²) in [5.41, 5.74) is 4.79. The number of amides is 1. The normalized spacial score (nSPS) is 10.8. The zero-order valence-corrected chi connectivity index (χ0v) is 14.9. The van der Waals surface area contributed by atoms with Gasteiger partial charge in [-0.05, 0) is 38.3 Å². The second kappa shape index (κ2) is 6.52. The van der Waals surface area contributed by atoms with Crippen molar-refractivity contribution in [3.63, 3.8) is 0 Å². The maximum Gasteiger partial charge on any atom is 0.273 e. The highest BCUT2D eigenvalue weighted by Gasteiger charge is 2.17. The number of nitrogens with one attached hydrogen (secondary N) is 2. The summed E-state index contributed by atoms with van der Waals surface area (Å²) in [7, 11) is 1.89. The molecule has 124 valence electrons. The quantitative estimate of drug-likeness (QED) is 0.713. The van der Waals surface area contributed by atoms with Crippen LogP contribution in [0.1, 0.15) is 21.9 Å². The first-order chi connectivity index (χ1) is 11.5. The highest BCUT2D eigenvalue weighted by atomic mass is 32.2. The lowest BCUT2D eigenvalue weighted by atomic mass is 10.1. The summed E-state index contributed by atoms with van der Waals surface area (Å²) in [5, 5.41) is 14.4. The van der Waals surface area contributed by atoms with Gasteiger partial charge < -0.3 is 5.32 Å². The van der Waals surface area contributed by atoms with E-state index in [4.69, 9.17) is 0 Å². The maximum absolute atomic E-state index is 12.5. The van der Waals surface area contributed by atoms with Crippen molar-refractivity contribution in [2.24, 2.45) is 7.05 Å². The van der Waals surface area contributed by atoms with Gasteiger partial charge in [0.15, 0.2) is 0 Å². The van der Waals surface area contributed by atoms with Crippen LogP contribution in [-0.2, 0) is 7.05 Å². The molecule has 3 aromatic rings. The Kier molecular flexibility index (Phi) is 4.44. The number of H-pyrrole nitrogens is 1. The number of aryl methyl sites for hydroxylation is 2. The van der Waals surface area contributed by atoms with Gasteiger partial charge in [0, 0.05) is 23.2 Å². The maximum atomic E-state index is 12.5. The fraction of sp³-hybridized carbons (Fsp3) is 0.235. The summed E-state index contributed by atoms with van der Waals surface area (Å²) in [5.74, 6) is -0.213. The van der Waals surface area contributed by atoms with Gasteiger partial charge in [0.1, 0.15) is 5.69 Å². The SMILES string of the molecule is CSc1ccccc1NC(=O)c1cc(-c2c(C)nn(C)c2C)n[nH]1. The van der Waals surface area contributed by atoms with E-state index in [9.17, 15) is 4.79 Å². The minimum Gasteiger partial charge on any atom is -0.320 e. The summed E-state index contributed by atoms with van der Waals surface area (Å²) in [6, 6.07) is 9.46. The molecule has 0 aliphatic carbocycles. The third-order valence-corrected chi connectivity index (χ3v) is 4.74. The molecule has 0 fully saturated rings. The first-order valence-corrected chi connectivity index (χ1v) is 8.74.